The summed E-state index contributed by atoms with van der Waals surface area (Å²) in [5, 5.41) is 22.3. The van der Waals surface area contributed by atoms with Crippen LogP contribution in [0.1, 0.15) is 23.8 Å². The highest BCUT2D eigenvalue weighted by Gasteiger charge is 2.17. The molecule has 23 heavy (non-hydrogen) atoms. The maximum Gasteiger partial charge on any atom is 0.337 e. The van der Waals surface area contributed by atoms with Gasteiger partial charge in [-0.2, -0.15) is 0 Å². The standard InChI is InChI=1S/C16H15NO5S/c1-2-7-22-14-6-5-11(10-13(14)17(20)21)9-12(16(18)19)15-4-3-8-23-15/h3-6,8-10H,2,7H2,1H3,(H,18,19)/b12-9-. The van der Waals surface area contributed by atoms with Gasteiger partial charge in [0.1, 0.15) is 0 Å². The third kappa shape index (κ3) is 4.17. The summed E-state index contributed by atoms with van der Waals surface area (Å²) < 4.78 is 5.35. The monoisotopic (exact) mass is 333 g/mol. The Morgan fingerprint density at radius 2 is 2.22 bits per heavy atom. The molecule has 0 aliphatic rings. The Morgan fingerprint density at radius 1 is 1.43 bits per heavy atom. The van der Waals surface area contributed by atoms with E-state index in [9.17, 15) is 20.0 Å². The van der Waals surface area contributed by atoms with Crippen LogP contribution < -0.4 is 4.74 Å². The van der Waals surface area contributed by atoms with Crippen LogP contribution in [0.5, 0.6) is 5.75 Å². The molecule has 0 aliphatic heterocycles. The normalized spacial score (nSPS) is 11.3. The van der Waals surface area contributed by atoms with Gasteiger partial charge in [-0.1, -0.05) is 19.1 Å². The number of carboxylic acids is 1. The molecule has 0 spiro atoms. The molecule has 2 rings (SSSR count). The highest BCUT2D eigenvalue weighted by Crippen LogP contribution is 2.30. The van der Waals surface area contributed by atoms with Crippen molar-refractivity contribution in [2.45, 2.75) is 13.3 Å². The quantitative estimate of drug-likeness (QED) is 0.468. The second-order valence-corrected chi connectivity index (χ2v) is 5.62. The van der Waals surface area contributed by atoms with E-state index in [4.69, 9.17) is 4.74 Å². The third-order valence-electron chi connectivity index (χ3n) is 2.97. The van der Waals surface area contributed by atoms with Crippen molar-refractivity contribution in [1.29, 1.82) is 0 Å². The first kappa shape index (κ1) is 16.7. The van der Waals surface area contributed by atoms with Gasteiger partial charge in [-0.3, -0.25) is 10.1 Å². The van der Waals surface area contributed by atoms with Crippen LogP contribution in [-0.2, 0) is 4.79 Å². The number of thiophene rings is 1. The van der Waals surface area contributed by atoms with Gasteiger partial charge in [-0.25, -0.2) is 4.79 Å². The van der Waals surface area contributed by atoms with E-state index in [1.54, 1.807) is 23.6 Å². The molecule has 1 N–H and O–H groups in total. The fourth-order valence-corrected chi connectivity index (χ4v) is 2.67. The van der Waals surface area contributed by atoms with Crippen molar-refractivity contribution < 1.29 is 19.6 Å². The van der Waals surface area contributed by atoms with Gasteiger partial charge in [0.25, 0.3) is 0 Å². The van der Waals surface area contributed by atoms with Gasteiger partial charge in [0, 0.05) is 10.9 Å². The molecular weight excluding hydrogens is 318 g/mol. The first-order valence-electron chi connectivity index (χ1n) is 6.93. The van der Waals surface area contributed by atoms with Crippen LogP contribution in [-0.4, -0.2) is 22.6 Å². The summed E-state index contributed by atoms with van der Waals surface area (Å²) in [6.45, 7) is 2.29. The number of carbonyl (C=O) groups is 1. The van der Waals surface area contributed by atoms with Gasteiger partial charge in [-0.05, 0) is 35.6 Å². The summed E-state index contributed by atoms with van der Waals surface area (Å²) >= 11 is 1.30. The summed E-state index contributed by atoms with van der Waals surface area (Å²) in [5.41, 5.74) is 0.353. The number of nitrogens with zero attached hydrogens (tertiary/aromatic N) is 1. The van der Waals surface area contributed by atoms with Crippen molar-refractivity contribution in [1.82, 2.24) is 0 Å². The molecule has 0 radical (unpaired) electrons. The Hall–Kier alpha value is -2.67. The molecule has 0 aliphatic carbocycles. The second-order valence-electron chi connectivity index (χ2n) is 4.67. The van der Waals surface area contributed by atoms with Crippen molar-refractivity contribution in [3.63, 3.8) is 0 Å². The number of hydrogen-bond donors (Lipinski definition) is 1. The number of aliphatic carboxylic acids is 1. The molecule has 2 aromatic rings. The summed E-state index contributed by atoms with van der Waals surface area (Å²) in [5.74, 6) is -0.900. The number of benzene rings is 1. The smallest absolute Gasteiger partial charge is 0.337 e. The number of rotatable bonds is 7. The third-order valence-corrected chi connectivity index (χ3v) is 3.87. The molecule has 0 saturated carbocycles. The Balaban J connectivity index is 2.43. The molecule has 0 saturated heterocycles. The van der Waals surface area contributed by atoms with Crippen LogP contribution >= 0.6 is 11.3 Å². The zero-order valence-corrected chi connectivity index (χ0v) is 13.2. The molecule has 1 heterocycles. The lowest BCUT2D eigenvalue weighted by atomic mass is 10.1. The first-order valence-corrected chi connectivity index (χ1v) is 7.81. The molecule has 0 unspecified atom stereocenters. The summed E-state index contributed by atoms with van der Waals surface area (Å²) in [6, 6.07) is 7.86. The van der Waals surface area contributed by atoms with Crippen LogP contribution in [0.3, 0.4) is 0 Å². The van der Waals surface area contributed by atoms with Crippen LogP contribution in [0.4, 0.5) is 5.69 Å². The molecule has 0 amide bonds. The van der Waals surface area contributed by atoms with Gasteiger partial charge >= 0.3 is 11.7 Å². The van der Waals surface area contributed by atoms with Crippen molar-refractivity contribution in [2.75, 3.05) is 6.61 Å². The van der Waals surface area contributed by atoms with E-state index in [0.717, 1.165) is 6.42 Å². The molecule has 6 nitrogen and oxygen atoms in total. The molecule has 0 bridgehead atoms. The highest BCUT2D eigenvalue weighted by atomic mass is 32.1. The zero-order chi connectivity index (χ0) is 16.8. The zero-order valence-electron chi connectivity index (χ0n) is 12.4. The van der Waals surface area contributed by atoms with E-state index in [1.807, 2.05) is 6.92 Å². The molecular formula is C16H15NO5S. The van der Waals surface area contributed by atoms with Crippen LogP contribution in [0.25, 0.3) is 11.6 Å². The molecule has 7 heteroatoms. The first-order chi connectivity index (χ1) is 11.0. The molecule has 1 aromatic carbocycles. The van der Waals surface area contributed by atoms with Gasteiger partial charge in [0.05, 0.1) is 17.1 Å². The number of hydrogen-bond acceptors (Lipinski definition) is 5. The largest absolute Gasteiger partial charge is 0.487 e. The van der Waals surface area contributed by atoms with Crippen molar-refractivity contribution in [3.8, 4) is 5.75 Å². The Kier molecular flexibility index (Phi) is 5.48. The minimum atomic E-state index is -1.08. The van der Waals surface area contributed by atoms with Gasteiger partial charge < -0.3 is 9.84 Å². The van der Waals surface area contributed by atoms with Gasteiger partial charge in [-0.15, -0.1) is 11.3 Å². The van der Waals surface area contributed by atoms with E-state index in [0.29, 0.717) is 17.0 Å². The van der Waals surface area contributed by atoms with E-state index < -0.39 is 10.9 Å². The Labute approximate surface area is 136 Å². The van der Waals surface area contributed by atoms with Gasteiger partial charge in [0.2, 0.25) is 0 Å². The highest BCUT2D eigenvalue weighted by molar-refractivity contribution is 7.11. The predicted molar refractivity (Wildman–Crippen MR) is 88.7 cm³/mol. The maximum atomic E-state index is 11.4. The SMILES string of the molecule is CCCOc1ccc(/C=C(\C(=O)O)c2cccs2)cc1[N+](=O)[O-]. The minimum absolute atomic E-state index is 0.0940. The van der Waals surface area contributed by atoms with Crippen LogP contribution in [0.15, 0.2) is 35.7 Å². The lowest BCUT2D eigenvalue weighted by Gasteiger charge is -2.06. The topological polar surface area (TPSA) is 89.7 Å². The predicted octanol–water partition coefficient (Wildman–Crippen LogP) is 4.07. The molecule has 120 valence electrons. The molecule has 0 fully saturated rings. The molecule has 1 aromatic heterocycles. The summed E-state index contributed by atoms with van der Waals surface area (Å²) in [7, 11) is 0. The molecule has 0 atom stereocenters. The van der Waals surface area contributed by atoms with Crippen molar-refractivity contribution >= 4 is 34.6 Å². The average molecular weight is 333 g/mol. The van der Waals surface area contributed by atoms with Crippen LogP contribution in [0.2, 0.25) is 0 Å². The fraction of sp³-hybridized carbons (Fsp3) is 0.188. The lowest BCUT2D eigenvalue weighted by Crippen LogP contribution is -2.00. The summed E-state index contributed by atoms with van der Waals surface area (Å²) in [6.07, 6.45) is 2.16. The maximum absolute atomic E-state index is 11.4. The van der Waals surface area contributed by atoms with E-state index in [-0.39, 0.29) is 17.0 Å². The van der Waals surface area contributed by atoms with Crippen molar-refractivity contribution in [3.05, 3.63) is 56.3 Å². The minimum Gasteiger partial charge on any atom is -0.487 e. The Morgan fingerprint density at radius 3 is 2.78 bits per heavy atom. The summed E-state index contributed by atoms with van der Waals surface area (Å²) in [4.78, 5) is 22.6. The Bertz CT molecular complexity index is 737. The van der Waals surface area contributed by atoms with Crippen LogP contribution in [0, 0.1) is 10.1 Å². The number of ether oxygens (including phenoxy) is 1. The van der Waals surface area contributed by atoms with E-state index >= 15 is 0 Å². The number of nitro benzene ring substituents is 1. The number of nitro groups is 1. The van der Waals surface area contributed by atoms with Gasteiger partial charge in [0.15, 0.2) is 5.75 Å². The lowest BCUT2D eigenvalue weighted by molar-refractivity contribution is -0.385. The fourth-order valence-electron chi connectivity index (χ4n) is 1.94. The average Bonchev–Trinajstić information content (AvgIpc) is 3.04. The van der Waals surface area contributed by atoms with E-state index in [2.05, 4.69) is 0 Å². The van der Waals surface area contributed by atoms with E-state index in [1.165, 1.54) is 29.5 Å². The van der Waals surface area contributed by atoms with Crippen molar-refractivity contribution in [2.24, 2.45) is 0 Å². The second kappa shape index (κ2) is 7.55. The number of carboxylic acid groups (broad SMARTS) is 1.